The molecule has 0 unspecified atom stereocenters. The number of hydrogen-bond donors (Lipinski definition) is 2. The second kappa shape index (κ2) is 12.5. The molecular formula is C23H28F2N4O7. The van der Waals surface area contributed by atoms with Crippen molar-refractivity contribution in [2.24, 2.45) is 0 Å². The maximum atomic E-state index is 14.7. The molecule has 1 amide bonds. The summed E-state index contributed by atoms with van der Waals surface area (Å²) in [6, 6.07) is 4.61. The number of nitrogens with one attached hydrogen (secondary N) is 1. The number of carbonyl (C=O) groups excluding carboxylic acids is 2. The van der Waals surface area contributed by atoms with E-state index in [4.69, 9.17) is 14.2 Å². The van der Waals surface area contributed by atoms with Crippen LogP contribution in [0.2, 0.25) is 0 Å². The first-order valence-electron chi connectivity index (χ1n) is 11.5. The van der Waals surface area contributed by atoms with Crippen molar-refractivity contribution in [2.75, 3.05) is 18.5 Å². The number of nitrogens with zero attached hydrogens (tertiary/aromatic N) is 3. The molecule has 0 aromatic carbocycles. The average molecular weight is 510 g/mol. The van der Waals surface area contributed by atoms with Gasteiger partial charge in [0.25, 0.3) is 0 Å². The van der Waals surface area contributed by atoms with E-state index in [9.17, 15) is 28.3 Å². The molecule has 0 saturated carbocycles. The van der Waals surface area contributed by atoms with Crippen LogP contribution in [-0.2, 0) is 25.4 Å². The van der Waals surface area contributed by atoms with Gasteiger partial charge >= 0.3 is 23.7 Å². The highest BCUT2D eigenvalue weighted by Crippen LogP contribution is 2.42. The van der Waals surface area contributed by atoms with Gasteiger partial charge in [-0.15, -0.1) is 0 Å². The van der Waals surface area contributed by atoms with E-state index in [1.165, 1.54) is 0 Å². The van der Waals surface area contributed by atoms with Gasteiger partial charge in [-0.05, 0) is 30.5 Å². The summed E-state index contributed by atoms with van der Waals surface area (Å²) in [5, 5.41) is 12.3. The number of carbonyl (C=O) groups is 2. The molecule has 0 bridgehead atoms. The molecule has 0 radical (unpaired) electrons. The Bertz CT molecular complexity index is 1080. The number of amides is 1. The van der Waals surface area contributed by atoms with E-state index in [-0.39, 0.29) is 18.8 Å². The summed E-state index contributed by atoms with van der Waals surface area (Å²) >= 11 is 0. The number of esters is 1. The third-order valence-electron chi connectivity index (χ3n) is 5.42. The van der Waals surface area contributed by atoms with E-state index >= 15 is 0 Å². The molecule has 1 aliphatic heterocycles. The number of halogens is 2. The summed E-state index contributed by atoms with van der Waals surface area (Å²) < 4.78 is 45.1. The zero-order chi connectivity index (χ0) is 26.1. The van der Waals surface area contributed by atoms with Crippen LogP contribution < -0.4 is 11.0 Å². The molecular weight excluding hydrogens is 482 g/mol. The number of aliphatic hydroxyl groups is 1. The highest BCUT2D eigenvalue weighted by atomic mass is 19.3. The van der Waals surface area contributed by atoms with Crippen molar-refractivity contribution < 1.29 is 37.7 Å². The van der Waals surface area contributed by atoms with Crippen molar-refractivity contribution in [3.8, 4) is 0 Å². The molecule has 2 aromatic heterocycles. The SMILES string of the molecule is CCCCCOC(=O)Nc1ccn([C@@H]2O[C@H](COC(=O)CCc3cccnc3)[C@@H](O)C2(F)F)c(=O)n1. The van der Waals surface area contributed by atoms with E-state index in [0.717, 1.165) is 30.7 Å². The number of aryl methyl sites for hydroxylation is 1. The number of aliphatic hydroxyl groups excluding tert-OH is 1. The number of hydrogen-bond acceptors (Lipinski definition) is 9. The zero-order valence-electron chi connectivity index (χ0n) is 19.6. The predicted octanol–water partition coefficient (Wildman–Crippen LogP) is 2.45. The van der Waals surface area contributed by atoms with Crippen molar-refractivity contribution in [2.45, 2.75) is 63.4 Å². The number of pyridine rings is 1. The first kappa shape index (κ1) is 27.1. The normalized spacial score (nSPS) is 20.6. The Morgan fingerprint density at radius 2 is 2.08 bits per heavy atom. The molecule has 3 rings (SSSR count). The maximum absolute atomic E-state index is 14.7. The van der Waals surface area contributed by atoms with Crippen molar-refractivity contribution in [3.63, 3.8) is 0 Å². The fraction of sp³-hybridized carbons (Fsp3) is 0.522. The molecule has 1 fully saturated rings. The van der Waals surface area contributed by atoms with Crippen LogP contribution in [0.3, 0.4) is 0 Å². The Morgan fingerprint density at radius 3 is 2.78 bits per heavy atom. The molecule has 0 aliphatic carbocycles. The van der Waals surface area contributed by atoms with E-state index < -0.39 is 48.7 Å². The molecule has 0 spiro atoms. The summed E-state index contributed by atoms with van der Waals surface area (Å²) in [7, 11) is 0. The number of rotatable bonds is 11. The Hall–Kier alpha value is -3.45. The molecule has 3 atom stereocenters. The van der Waals surface area contributed by atoms with Crippen LogP contribution in [0.4, 0.5) is 19.4 Å². The minimum Gasteiger partial charge on any atom is -0.463 e. The predicted molar refractivity (Wildman–Crippen MR) is 121 cm³/mol. The van der Waals surface area contributed by atoms with Crippen LogP contribution in [0.5, 0.6) is 0 Å². The van der Waals surface area contributed by atoms with Gasteiger partial charge in [-0.3, -0.25) is 19.7 Å². The van der Waals surface area contributed by atoms with Crippen LogP contribution in [0.25, 0.3) is 0 Å². The zero-order valence-corrected chi connectivity index (χ0v) is 19.6. The monoisotopic (exact) mass is 510 g/mol. The lowest BCUT2D eigenvalue weighted by Gasteiger charge is -2.21. The summed E-state index contributed by atoms with van der Waals surface area (Å²) in [6.07, 6.45) is 0.0215. The van der Waals surface area contributed by atoms with Crippen LogP contribution in [0, 0.1) is 0 Å². The van der Waals surface area contributed by atoms with E-state index in [1.807, 2.05) is 6.92 Å². The van der Waals surface area contributed by atoms with Gasteiger partial charge in [-0.25, -0.2) is 9.59 Å². The summed E-state index contributed by atoms with van der Waals surface area (Å²) in [4.78, 5) is 43.6. The van der Waals surface area contributed by atoms with Crippen LogP contribution in [0.15, 0.2) is 41.6 Å². The highest BCUT2D eigenvalue weighted by molar-refractivity contribution is 5.83. The van der Waals surface area contributed by atoms with Crippen LogP contribution in [-0.4, -0.2) is 63.0 Å². The minimum atomic E-state index is -3.88. The Kier molecular flexibility index (Phi) is 9.42. The van der Waals surface area contributed by atoms with Gasteiger partial charge in [-0.2, -0.15) is 13.8 Å². The Labute approximate surface area is 205 Å². The summed E-state index contributed by atoms with van der Waals surface area (Å²) in [5.41, 5.74) is -0.350. The molecule has 2 N–H and O–H groups in total. The third-order valence-corrected chi connectivity index (χ3v) is 5.42. The van der Waals surface area contributed by atoms with E-state index in [2.05, 4.69) is 15.3 Å². The molecule has 13 heteroatoms. The standard InChI is InChI=1S/C23H28F2N4O7/c1-2-3-4-12-34-22(33)28-17-9-11-29(21(32)27-17)20-23(24,25)19(31)16(36-20)14-35-18(30)8-7-15-6-5-10-26-13-15/h5-6,9-11,13,16,19-20,31H,2-4,7-8,12,14H2,1H3,(H,27,28,32,33)/t16-,19-,20-/m1/s1. The van der Waals surface area contributed by atoms with Gasteiger partial charge in [0.15, 0.2) is 6.10 Å². The fourth-order valence-corrected chi connectivity index (χ4v) is 3.46. The molecule has 36 heavy (non-hydrogen) atoms. The number of aromatic nitrogens is 3. The van der Waals surface area contributed by atoms with Crippen LogP contribution in [0.1, 0.15) is 44.4 Å². The highest BCUT2D eigenvalue weighted by Gasteiger charge is 2.60. The molecule has 2 aromatic rings. The van der Waals surface area contributed by atoms with Crippen molar-refractivity contribution in [1.29, 1.82) is 0 Å². The lowest BCUT2D eigenvalue weighted by molar-refractivity contribution is -0.150. The maximum Gasteiger partial charge on any atom is 0.412 e. The van der Waals surface area contributed by atoms with Gasteiger partial charge in [0.05, 0.1) is 6.61 Å². The molecule has 196 valence electrons. The number of anilines is 1. The fourth-order valence-electron chi connectivity index (χ4n) is 3.46. The molecule has 1 aliphatic rings. The van der Waals surface area contributed by atoms with Gasteiger partial charge in [0.1, 0.15) is 18.5 Å². The van der Waals surface area contributed by atoms with Crippen molar-refractivity contribution in [1.82, 2.24) is 14.5 Å². The third kappa shape index (κ3) is 7.04. The van der Waals surface area contributed by atoms with Gasteiger partial charge in [0, 0.05) is 25.0 Å². The van der Waals surface area contributed by atoms with Crippen molar-refractivity contribution >= 4 is 17.9 Å². The van der Waals surface area contributed by atoms with E-state index in [0.29, 0.717) is 17.4 Å². The smallest absolute Gasteiger partial charge is 0.412 e. The lowest BCUT2D eigenvalue weighted by Crippen LogP contribution is -2.42. The summed E-state index contributed by atoms with van der Waals surface area (Å²) in [5.74, 6) is -4.75. The quantitative estimate of drug-likeness (QED) is 0.344. The number of ether oxygens (including phenoxy) is 3. The summed E-state index contributed by atoms with van der Waals surface area (Å²) in [6.45, 7) is 1.55. The second-order valence-corrected chi connectivity index (χ2v) is 8.16. The first-order valence-corrected chi connectivity index (χ1v) is 11.5. The number of alkyl halides is 2. The first-order chi connectivity index (χ1) is 17.2. The largest absolute Gasteiger partial charge is 0.463 e. The van der Waals surface area contributed by atoms with Gasteiger partial charge in [-0.1, -0.05) is 25.8 Å². The number of unbranched alkanes of at least 4 members (excludes halogenated alkanes) is 2. The minimum absolute atomic E-state index is 0.0206. The van der Waals surface area contributed by atoms with Crippen LogP contribution >= 0.6 is 0 Å². The van der Waals surface area contributed by atoms with Crippen molar-refractivity contribution in [3.05, 3.63) is 52.8 Å². The van der Waals surface area contributed by atoms with Gasteiger partial charge in [0.2, 0.25) is 6.23 Å². The lowest BCUT2D eigenvalue weighted by atomic mass is 10.1. The molecule has 3 heterocycles. The Balaban J connectivity index is 1.56. The second-order valence-electron chi connectivity index (χ2n) is 8.16. The average Bonchev–Trinajstić information content (AvgIpc) is 3.08. The molecule has 1 saturated heterocycles. The topological polar surface area (TPSA) is 142 Å². The van der Waals surface area contributed by atoms with E-state index in [1.54, 1.807) is 24.5 Å². The molecule has 11 nitrogen and oxygen atoms in total. The Morgan fingerprint density at radius 1 is 1.28 bits per heavy atom. The van der Waals surface area contributed by atoms with Gasteiger partial charge < -0.3 is 19.3 Å².